The molecule has 1 aliphatic rings. The van der Waals surface area contributed by atoms with Crippen LogP contribution in [0.4, 0.5) is 0 Å². The maximum Gasteiger partial charge on any atom is -0.0238 e. The average molecular weight is 158 g/mol. The van der Waals surface area contributed by atoms with Crippen LogP contribution in [0.2, 0.25) is 0 Å². The van der Waals surface area contributed by atoms with E-state index in [2.05, 4.69) is 23.1 Å². The first kappa shape index (κ1) is 8.53. The maximum absolute atomic E-state index is 2.99. The van der Waals surface area contributed by atoms with Crippen LogP contribution in [-0.4, -0.2) is 5.66 Å². The first-order chi connectivity index (χ1) is 4.70. The van der Waals surface area contributed by atoms with Gasteiger partial charge in [-0.1, -0.05) is 26.7 Å². The Morgan fingerprint density at radius 2 is 1.90 bits per heavy atom. The zero-order chi connectivity index (χ0) is 7.56. The molecule has 4 atom stereocenters. The largest absolute Gasteiger partial charge is 0.134 e. The molecule has 60 valence electrons. The molecular weight excluding hydrogens is 139 g/mol. The SMILES string of the molecule is CC1C[C@@H](C)CCC[C@@H]1P. The third kappa shape index (κ3) is 2.23. The van der Waals surface area contributed by atoms with Crippen LogP contribution in [0.5, 0.6) is 0 Å². The lowest BCUT2D eigenvalue weighted by Crippen LogP contribution is -2.09. The van der Waals surface area contributed by atoms with E-state index in [-0.39, 0.29) is 0 Å². The van der Waals surface area contributed by atoms with Crippen LogP contribution in [0.15, 0.2) is 0 Å². The van der Waals surface area contributed by atoms with Gasteiger partial charge in [-0.15, -0.1) is 9.24 Å². The Morgan fingerprint density at radius 1 is 1.20 bits per heavy atom. The Kier molecular flexibility index (Phi) is 3.17. The molecule has 1 heteroatoms. The van der Waals surface area contributed by atoms with Crippen molar-refractivity contribution >= 4 is 9.24 Å². The van der Waals surface area contributed by atoms with Crippen molar-refractivity contribution in [1.82, 2.24) is 0 Å². The lowest BCUT2D eigenvalue weighted by Gasteiger charge is -2.16. The second-order valence-corrected chi connectivity index (χ2v) is 4.77. The molecule has 2 unspecified atom stereocenters. The Labute approximate surface area is 67.0 Å². The highest BCUT2D eigenvalue weighted by molar-refractivity contribution is 7.17. The van der Waals surface area contributed by atoms with Gasteiger partial charge in [0.05, 0.1) is 0 Å². The van der Waals surface area contributed by atoms with Gasteiger partial charge in [0.15, 0.2) is 0 Å². The standard InChI is InChI=1S/C9H19P/c1-7-4-3-5-9(10)8(2)6-7/h7-9H,3-6,10H2,1-2H3/t7-,8?,9-/m0/s1. The molecular formula is C9H19P. The fourth-order valence-electron chi connectivity index (χ4n) is 1.91. The number of rotatable bonds is 0. The van der Waals surface area contributed by atoms with Crippen molar-refractivity contribution in [1.29, 1.82) is 0 Å². The molecule has 0 nitrogen and oxygen atoms in total. The van der Waals surface area contributed by atoms with Crippen molar-refractivity contribution in [2.75, 3.05) is 0 Å². The van der Waals surface area contributed by atoms with E-state index in [0.717, 1.165) is 17.5 Å². The topological polar surface area (TPSA) is 0 Å². The molecule has 0 bridgehead atoms. The van der Waals surface area contributed by atoms with Gasteiger partial charge in [0.2, 0.25) is 0 Å². The zero-order valence-corrected chi connectivity index (χ0v) is 8.29. The highest BCUT2D eigenvalue weighted by atomic mass is 31.0. The van der Waals surface area contributed by atoms with Crippen LogP contribution >= 0.6 is 9.24 Å². The Balaban J connectivity index is 2.41. The fourth-order valence-corrected chi connectivity index (χ4v) is 2.31. The molecule has 0 saturated heterocycles. The lowest BCUT2D eigenvalue weighted by atomic mass is 9.96. The van der Waals surface area contributed by atoms with Crippen molar-refractivity contribution in [3.8, 4) is 0 Å². The highest BCUT2D eigenvalue weighted by Gasteiger charge is 2.19. The van der Waals surface area contributed by atoms with Crippen LogP contribution in [-0.2, 0) is 0 Å². The van der Waals surface area contributed by atoms with Gasteiger partial charge in [-0.25, -0.2) is 0 Å². The van der Waals surface area contributed by atoms with Crippen LogP contribution in [0.25, 0.3) is 0 Å². The van der Waals surface area contributed by atoms with E-state index in [9.17, 15) is 0 Å². The summed E-state index contributed by atoms with van der Waals surface area (Å²) in [6, 6.07) is 0. The van der Waals surface area contributed by atoms with Gasteiger partial charge in [-0.05, 0) is 30.3 Å². The molecule has 0 N–H and O–H groups in total. The first-order valence-electron chi connectivity index (χ1n) is 4.45. The van der Waals surface area contributed by atoms with Crippen LogP contribution in [0.1, 0.15) is 39.5 Å². The van der Waals surface area contributed by atoms with E-state index in [0.29, 0.717) is 0 Å². The van der Waals surface area contributed by atoms with E-state index in [1.54, 1.807) is 0 Å². The van der Waals surface area contributed by atoms with E-state index in [1.807, 2.05) is 0 Å². The molecule has 0 aromatic heterocycles. The molecule has 1 fully saturated rings. The van der Waals surface area contributed by atoms with Crippen molar-refractivity contribution in [2.45, 2.75) is 45.2 Å². The lowest BCUT2D eigenvalue weighted by molar-refractivity contribution is 0.429. The minimum atomic E-state index is 0.893. The van der Waals surface area contributed by atoms with Crippen LogP contribution in [0.3, 0.4) is 0 Å². The Hall–Kier alpha value is 0.430. The summed E-state index contributed by atoms with van der Waals surface area (Å²) >= 11 is 0. The molecule has 0 aromatic rings. The molecule has 10 heavy (non-hydrogen) atoms. The van der Waals surface area contributed by atoms with Crippen molar-refractivity contribution < 1.29 is 0 Å². The third-order valence-electron chi connectivity index (χ3n) is 2.74. The summed E-state index contributed by atoms with van der Waals surface area (Å²) < 4.78 is 0. The summed E-state index contributed by atoms with van der Waals surface area (Å²) in [6.07, 6.45) is 5.76. The molecule has 0 radical (unpaired) electrons. The molecule has 1 saturated carbocycles. The fraction of sp³-hybridized carbons (Fsp3) is 1.00. The molecule has 0 aromatic carbocycles. The summed E-state index contributed by atoms with van der Waals surface area (Å²) in [5.74, 6) is 1.91. The van der Waals surface area contributed by atoms with Crippen LogP contribution in [0, 0.1) is 11.8 Å². The summed E-state index contributed by atoms with van der Waals surface area (Å²) in [7, 11) is 2.99. The summed E-state index contributed by atoms with van der Waals surface area (Å²) in [6.45, 7) is 4.78. The molecule has 0 aliphatic heterocycles. The van der Waals surface area contributed by atoms with Gasteiger partial charge in [-0.2, -0.15) is 0 Å². The van der Waals surface area contributed by atoms with Gasteiger partial charge in [0.25, 0.3) is 0 Å². The minimum absolute atomic E-state index is 0.893. The van der Waals surface area contributed by atoms with Gasteiger partial charge < -0.3 is 0 Å². The summed E-state index contributed by atoms with van der Waals surface area (Å²) in [4.78, 5) is 0. The quantitative estimate of drug-likeness (QED) is 0.375. The molecule has 0 amide bonds. The summed E-state index contributed by atoms with van der Waals surface area (Å²) in [5, 5.41) is 0. The van der Waals surface area contributed by atoms with Crippen molar-refractivity contribution in [2.24, 2.45) is 11.8 Å². The second-order valence-electron chi connectivity index (χ2n) is 3.91. The van der Waals surface area contributed by atoms with Crippen LogP contribution < -0.4 is 0 Å². The molecule has 0 heterocycles. The molecule has 1 rings (SSSR count). The minimum Gasteiger partial charge on any atom is -0.134 e. The normalized spacial score (nSPS) is 42.9. The monoisotopic (exact) mass is 158 g/mol. The highest BCUT2D eigenvalue weighted by Crippen LogP contribution is 2.31. The predicted molar refractivity (Wildman–Crippen MR) is 50.3 cm³/mol. The zero-order valence-electron chi connectivity index (χ0n) is 7.14. The predicted octanol–water partition coefficient (Wildman–Crippen LogP) is 3.08. The average Bonchev–Trinajstić information content (AvgIpc) is 1.96. The molecule has 1 aliphatic carbocycles. The van der Waals surface area contributed by atoms with Crippen molar-refractivity contribution in [3.05, 3.63) is 0 Å². The number of hydrogen-bond donors (Lipinski definition) is 0. The van der Waals surface area contributed by atoms with E-state index in [1.165, 1.54) is 25.7 Å². The Bertz CT molecular complexity index is 101. The van der Waals surface area contributed by atoms with E-state index in [4.69, 9.17) is 0 Å². The van der Waals surface area contributed by atoms with Crippen molar-refractivity contribution in [3.63, 3.8) is 0 Å². The number of hydrogen-bond acceptors (Lipinski definition) is 0. The van der Waals surface area contributed by atoms with E-state index < -0.39 is 0 Å². The first-order valence-corrected chi connectivity index (χ1v) is 5.12. The van der Waals surface area contributed by atoms with Gasteiger partial charge >= 0.3 is 0 Å². The summed E-state index contributed by atoms with van der Waals surface area (Å²) in [5.41, 5.74) is 0.893. The smallest absolute Gasteiger partial charge is 0.0238 e. The van der Waals surface area contributed by atoms with Gasteiger partial charge in [-0.3, -0.25) is 0 Å². The molecule has 0 spiro atoms. The maximum atomic E-state index is 2.99. The second kappa shape index (κ2) is 3.72. The van der Waals surface area contributed by atoms with Gasteiger partial charge in [0, 0.05) is 0 Å². The third-order valence-corrected chi connectivity index (χ3v) is 3.73. The van der Waals surface area contributed by atoms with Gasteiger partial charge in [0.1, 0.15) is 0 Å². The Morgan fingerprint density at radius 3 is 2.60 bits per heavy atom. The van der Waals surface area contributed by atoms with E-state index >= 15 is 0 Å².